The van der Waals surface area contributed by atoms with Crippen LogP contribution in [-0.2, 0) is 61.8 Å². The highest BCUT2D eigenvalue weighted by molar-refractivity contribution is 5.88. The molecule has 0 aliphatic carbocycles. The Morgan fingerprint density at radius 1 is 0.928 bits per heavy atom. The second-order valence-electron chi connectivity index (χ2n) is 20.3. The number of rotatable bonds is 11. The number of hydrogen-bond acceptors (Lipinski definition) is 17. The molecule has 5 heterocycles. The second-order valence-corrected chi connectivity index (χ2v) is 20.3. The summed E-state index contributed by atoms with van der Waals surface area (Å²) in [5.41, 5.74) is -2.39. The van der Waals surface area contributed by atoms with E-state index in [1.54, 1.807) is 53.8 Å². The van der Waals surface area contributed by atoms with Gasteiger partial charge < -0.3 is 62.7 Å². The lowest BCUT2D eigenvalue weighted by Crippen LogP contribution is -2.61. The van der Waals surface area contributed by atoms with Gasteiger partial charge in [-0.3, -0.25) is 14.6 Å². The minimum atomic E-state index is -1.54. The number of amides is 1. The maximum atomic E-state index is 14.8. The second kappa shape index (κ2) is 22.0. The van der Waals surface area contributed by atoms with Gasteiger partial charge in [-0.25, -0.2) is 9.59 Å². The number of nitrogens with one attached hydrogen (secondary N) is 1. The van der Waals surface area contributed by atoms with E-state index in [1.807, 2.05) is 77.0 Å². The average Bonchev–Trinajstić information content (AvgIpc) is 3.62. The Hall–Kier alpha value is -4.27. The summed E-state index contributed by atoms with van der Waals surface area (Å²) in [6.45, 7) is 17.7. The highest BCUT2D eigenvalue weighted by Crippen LogP contribution is 2.43. The Morgan fingerprint density at radius 2 is 1.61 bits per heavy atom. The third kappa shape index (κ3) is 11.8. The summed E-state index contributed by atoms with van der Waals surface area (Å²) in [5, 5.41) is 15.8. The normalized spacial score (nSPS) is 40.5. The van der Waals surface area contributed by atoms with Gasteiger partial charge >= 0.3 is 18.1 Å². The van der Waals surface area contributed by atoms with E-state index in [2.05, 4.69) is 10.3 Å². The van der Waals surface area contributed by atoms with Gasteiger partial charge in [-0.1, -0.05) is 32.0 Å². The molecular formula is C51H75N3O15. The summed E-state index contributed by atoms with van der Waals surface area (Å²) in [4.78, 5) is 61.5. The van der Waals surface area contributed by atoms with Crippen molar-refractivity contribution in [2.75, 3.05) is 28.3 Å². The van der Waals surface area contributed by atoms with Gasteiger partial charge in [-0.15, -0.1) is 0 Å². The average molecular weight is 970 g/mol. The largest absolute Gasteiger partial charge is 0.509 e. The van der Waals surface area contributed by atoms with Crippen LogP contribution in [0.5, 0.6) is 0 Å². The number of nitrogens with zero attached hydrogens (tertiary/aromatic N) is 2. The molecule has 0 radical (unpaired) electrons. The predicted octanol–water partition coefficient (Wildman–Crippen LogP) is 5.73. The van der Waals surface area contributed by atoms with Crippen molar-refractivity contribution in [3.05, 3.63) is 48.2 Å². The van der Waals surface area contributed by atoms with Crippen LogP contribution in [0, 0.1) is 17.8 Å². The van der Waals surface area contributed by atoms with E-state index >= 15 is 0 Å². The highest BCUT2D eigenvalue weighted by Gasteiger charge is 2.59. The maximum absolute atomic E-state index is 14.8. The predicted molar refractivity (Wildman–Crippen MR) is 252 cm³/mol. The number of carbonyl (C=O) groups excluding carboxylic acids is 4. The number of ether oxygens (including phenoxy) is 10. The monoisotopic (exact) mass is 970 g/mol. The Bertz CT molecular complexity index is 2160. The number of para-hydroxylation sites is 1. The van der Waals surface area contributed by atoms with Crippen LogP contribution in [0.3, 0.4) is 0 Å². The van der Waals surface area contributed by atoms with E-state index in [0.717, 1.165) is 16.5 Å². The first-order chi connectivity index (χ1) is 32.5. The fraction of sp³-hybridized carbons (Fsp3) is 0.706. The zero-order chi connectivity index (χ0) is 50.7. The first-order valence-corrected chi connectivity index (χ1v) is 24.2. The van der Waals surface area contributed by atoms with Crippen molar-refractivity contribution in [1.82, 2.24) is 15.2 Å². The zero-order valence-electron chi connectivity index (χ0n) is 42.7. The van der Waals surface area contributed by atoms with Crippen molar-refractivity contribution in [1.29, 1.82) is 0 Å². The van der Waals surface area contributed by atoms with Gasteiger partial charge in [0.15, 0.2) is 30.4 Å². The lowest BCUT2D eigenvalue weighted by Gasteiger charge is -2.49. The summed E-state index contributed by atoms with van der Waals surface area (Å²) in [5.74, 6) is -4.50. The number of aromatic nitrogens is 1. The van der Waals surface area contributed by atoms with Crippen LogP contribution in [0.15, 0.2) is 42.6 Å². The minimum Gasteiger partial charge on any atom is -0.458 e. The van der Waals surface area contributed by atoms with Gasteiger partial charge in [0.05, 0.1) is 47.4 Å². The number of fused-ring (bicyclic) bond motifs is 2. The van der Waals surface area contributed by atoms with Crippen LogP contribution in [0.25, 0.3) is 17.0 Å². The molecule has 0 bridgehead atoms. The Labute approximate surface area is 406 Å². The molecule has 18 atom stereocenters. The molecular weight excluding hydrogens is 895 g/mol. The molecule has 4 aliphatic heterocycles. The smallest absolute Gasteiger partial charge is 0.458 e. The molecule has 2 aromatic rings. The van der Waals surface area contributed by atoms with Crippen LogP contribution in [0.2, 0.25) is 0 Å². The van der Waals surface area contributed by atoms with Crippen molar-refractivity contribution < 1.29 is 71.7 Å². The number of aliphatic hydroxyl groups is 1. The zero-order valence-corrected chi connectivity index (χ0v) is 42.7. The van der Waals surface area contributed by atoms with E-state index in [-0.39, 0.29) is 31.4 Å². The summed E-state index contributed by atoms with van der Waals surface area (Å²) >= 11 is 0. The standard InChI is InChI=1S/C51H75N3O15/c1-15-37-51(10)43(68-48(59)69-51)31(6)45(57)53-27(2)24-49(8,60-13)42(67-47-40(56)36(54(11)12)22-28(3)62-47)29(4)41(30(5)46(58)64-37)66-39-25-50(9,61-14)44(32(7)63-39)65-38(55)21-20-33-23-34-18-16-17-19-35(34)52-26-33/h16-21,23,26-32,36-37,39-44,47,56H,15,22,24-25H2,1-14H3,(H,53,57)/b21-20+/t27-,28-,29+,30-,31-,32+,36+,37-,39+,40-,41+,42-,43-,44+,47+,49-,50-,51-/m1/s1. The number of esters is 2. The molecule has 1 aromatic heterocycles. The topological polar surface area (TPSA) is 209 Å². The van der Waals surface area contributed by atoms with Gasteiger partial charge in [0, 0.05) is 56.3 Å². The molecule has 0 unspecified atom stereocenters. The molecule has 4 fully saturated rings. The van der Waals surface area contributed by atoms with E-state index in [4.69, 9.17) is 47.4 Å². The fourth-order valence-corrected chi connectivity index (χ4v) is 10.8. The molecule has 4 saturated heterocycles. The van der Waals surface area contributed by atoms with Gasteiger partial charge in [0.1, 0.15) is 17.8 Å². The molecule has 0 spiro atoms. The third-order valence-electron chi connectivity index (χ3n) is 14.8. The van der Waals surface area contributed by atoms with Gasteiger partial charge in [0.2, 0.25) is 5.91 Å². The van der Waals surface area contributed by atoms with E-state index < -0.39 is 120 Å². The molecule has 69 heavy (non-hydrogen) atoms. The van der Waals surface area contributed by atoms with Gasteiger partial charge in [-0.2, -0.15) is 0 Å². The van der Waals surface area contributed by atoms with Crippen molar-refractivity contribution >= 4 is 41.0 Å². The Morgan fingerprint density at radius 3 is 2.28 bits per heavy atom. The fourth-order valence-electron chi connectivity index (χ4n) is 10.8. The number of hydrogen-bond donors (Lipinski definition) is 2. The molecule has 1 aromatic carbocycles. The first-order valence-electron chi connectivity index (χ1n) is 24.2. The number of pyridine rings is 1. The van der Waals surface area contributed by atoms with Crippen molar-refractivity contribution in [2.45, 2.75) is 185 Å². The van der Waals surface area contributed by atoms with Crippen LogP contribution < -0.4 is 5.32 Å². The summed E-state index contributed by atoms with van der Waals surface area (Å²) in [7, 11) is 6.81. The SMILES string of the molecule is CC[C@H]1OC(=O)[C@H](C)[C@@H](O[C@H]2C[C@@](C)(OC)[C@@H](OC(=O)/C=C/c3cnc4ccccc4c3)[C@H](C)O2)[C@H](C)[C@@H](O[C@@H]2O[C@H](C)C[C@H](N(C)C)[C@H]2O)[C@](C)(OC)C[C@@H](C)NC(=O)[C@H](C)[C@H]2OC(=O)O[C@@]21C. The van der Waals surface area contributed by atoms with E-state index in [0.29, 0.717) is 6.42 Å². The number of benzene rings is 1. The number of carbonyl (C=O) groups is 4. The van der Waals surface area contributed by atoms with Crippen LogP contribution >= 0.6 is 0 Å². The first kappa shape index (κ1) is 54.1. The molecule has 18 heteroatoms. The van der Waals surface area contributed by atoms with Gasteiger partial charge in [0.25, 0.3) is 0 Å². The summed E-state index contributed by atoms with van der Waals surface area (Å²) in [6.07, 6.45) is -4.80. The lowest BCUT2D eigenvalue weighted by molar-refractivity contribution is -0.319. The third-order valence-corrected chi connectivity index (χ3v) is 14.8. The minimum absolute atomic E-state index is 0.0558. The lowest BCUT2D eigenvalue weighted by atomic mass is 9.78. The molecule has 18 nitrogen and oxygen atoms in total. The van der Waals surface area contributed by atoms with E-state index in [1.165, 1.54) is 20.3 Å². The van der Waals surface area contributed by atoms with Gasteiger partial charge in [-0.05, 0) is 113 Å². The van der Waals surface area contributed by atoms with E-state index in [9.17, 15) is 24.3 Å². The number of likely N-dealkylation sites (N-methyl/N-ethyl adjacent to an activating group) is 1. The molecule has 1 amide bonds. The van der Waals surface area contributed by atoms with Crippen LogP contribution in [0.1, 0.15) is 100 Å². The Balaban J connectivity index is 1.36. The highest BCUT2D eigenvalue weighted by atomic mass is 16.8. The number of cyclic esters (lactones) is 1. The van der Waals surface area contributed by atoms with Crippen LogP contribution in [-0.4, -0.2) is 158 Å². The Kier molecular flexibility index (Phi) is 17.3. The van der Waals surface area contributed by atoms with Crippen molar-refractivity contribution in [3.63, 3.8) is 0 Å². The summed E-state index contributed by atoms with van der Waals surface area (Å²) < 4.78 is 63.1. The molecule has 2 N–H and O–H groups in total. The van der Waals surface area contributed by atoms with Crippen molar-refractivity contribution in [3.8, 4) is 0 Å². The molecule has 384 valence electrons. The van der Waals surface area contributed by atoms with Crippen LogP contribution in [0.4, 0.5) is 4.79 Å². The quantitative estimate of drug-likeness (QED) is 0.156. The van der Waals surface area contributed by atoms with Crippen molar-refractivity contribution in [2.24, 2.45) is 17.8 Å². The number of methoxy groups -OCH3 is 2. The molecule has 0 saturated carbocycles. The summed E-state index contributed by atoms with van der Waals surface area (Å²) in [6, 6.07) is 8.74. The number of aliphatic hydroxyl groups excluding tert-OH is 1. The molecule has 4 aliphatic rings. The molecule has 6 rings (SSSR count). The maximum Gasteiger partial charge on any atom is 0.509 e.